The predicted molar refractivity (Wildman–Crippen MR) is 97.4 cm³/mol. The van der Waals surface area contributed by atoms with Crippen LogP contribution in [0.1, 0.15) is 27.6 Å². The molecule has 0 saturated heterocycles. The van der Waals surface area contributed by atoms with Gasteiger partial charge in [0.15, 0.2) is 0 Å². The highest BCUT2D eigenvalue weighted by Crippen LogP contribution is 2.19. The quantitative estimate of drug-likeness (QED) is 0.267. The average molecular weight is 378 g/mol. The van der Waals surface area contributed by atoms with Crippen LogP contribution in [0.25, 0.3) is 6.08 Å². The number of hydrogen-bond acceptors (Lipinski definition) is 7. The zero-order valence-corrected chi connectivity index (χ0v) is 14.7. The minimum atomic E-state index is -0.653. The number of ether oxygens (including phenoxy) is 1. The van der Waals surface area contributed by atoms with Crippen molar-refractivity contribution in [2.24, 2.45) is 7.05 Å². The molecule has 0 bridgehead atoms. The number of rotatable bonds is 7. The minimum Gasteiger partial charge on any atom is -0.486 e. The van der Waals surface area contributed by atoms with E-state index in [2.05, 4.69) is 5.10 Å². The van der Waals surface area contributed by atoms with Crippen LogP contribution in [0.3, 0.4) is 0 Å². The van der Waals surface area contributed by atoms with Crippen molar-refractivity contribution in [3.63, 3.8) is 0 Å². The van der Waals surface area contributed by atoms with Gasteiger partial charge in [-0.05, 0) is 48.6 Å². The molecule has 0 saturated carbocycles. The van der Waals surface area contributed by atoms with Crippen LogP contribution < -0.4 is 4.74 Å². The number of carbonyl (C=O) groups excluding carboxylic acids is 1. The summed E-state index contributed by atoms with van der Waals surface area (Å²) in [5.74, 6) is 0.912. The average Bonchev–Trinajstić information content (AvgIpc) is 3.31. The summed E-state index contributed by atoms with van der Waals surface area (Å²) in [7, 11) is 1.50. The Labute approximate surface area is 159 Å². The van der Waals surface area contributed by atoms with Crippen LogP contribution in [0, 0.1) is 21.4 Å². The lowest BCUT2D eigenvalue weighted by Crippen LogP contribution is -2.00. The van der Waals surface area contributed by atoms with Gasteiger partial charge in [0.2, 0.25) is 11.5 Å². The number of furan rings is 1. The monoisotopic (exact) mass is 378 g/mol. The van der Waals surface area contributed by atoms with Crippen molar-refractivity contribution in [2.75, 3.05) is 0 Å². The Bertz CT molecular complexity index is 1090. The summed E-state index contributed by atoms with van der Waals surface area (Å²) in [5.41, 5.74) is -0.0524. The highest BCUT2D eigenvalue weighted by molar-refractivity contribution is 6.07. The van der Waals surface area contributed by atoms with Gasteiger partial charge in [-0.2, -0.15) is 10.4 Å². The van der Waals surface area contributed by atoms with Gasteiger partial charge in [-0.25, -0.2) is 0 Å². The molecule has 0 spiro atoms. The lowest BCUT2D eigenvalue weighted by Gasteiger charge is -2.03. The van der Waals surface area contributed by atoms with E-state index in [1.54, 1.807) is 36.4 Å². The molecule has 0 unspecified atom stereocenters. The van der Waals surface area contributed by atoms with Crippen molar-refractivity contribution in [1.82, 2.24) is 9.78 Å². The Kier molecular flexibility index (Phi) is 5.32. The maximum absolute atomic E-state index is 12.2. The molecule has 140 valence electrons. The summed E-state index contributed by atoms with van der Waals surface area (Å²) >= 11 is 0. The third-order valence-electron chi connectivity index (χ3n) is 3.69. The van der Waals surface area contributed by atoms with Gasteiger partial charge in [-0.15, -0.1) is 0 Å². The Morgan fingerprint density at radius 3 is 2.79 bits per heavy atom. The summed E-state index contributed by atoms with van der Waals surface area (Å²) in [5, 5.41) is 23.6. The van der Waals surface area contributed by atoms with E-state index in [0.717, 1.165) is 0 Å². The van der Waals surface area contributed by atoms with Gasteiger partial charge in [0, 0.05) is 7.05 Å². The first-order chi connectivity index (χ1) is 13.5. The third-order valence-corrected chi connectivity index (χ3v) is 3.69. The molecule has 0 atom stereocenters. The molecule has 3 aromatic rings. The van der Waals surface area contributed by atoms with Crippen molar-refractivity contribution >= 4 is 17.5 Å². The summed E-state index contributed by atoms with van der Waals surface area (Å²) < 4.78 is 12.3. The molecule has 0 N–H and O–H groups in total. The number of ketones is 1. The van der Waals surface area contributed by atoms with Crippen LogP contribution in [0.5, 0.6) is 5.75 Å². The number of allylic oxidation sites excluding steroid dienone is 1. The van der Waals surface area contributed by atoms with E-state index >= 15 is 0 Å². The maximum atomic E-state index is 12.2. The van der Waals surface area contributed by atoms with Crippen molar-refractivity contribution in [2.45, 2.75) is 6.61 Å². The van der Waals surface area contributed by atoms with Crippen LogP contribution >= 0.6 is 0 Å². The summed E-state index contributed by atoms with van der Waals surface area (Å²) in [4.78, 5) is 22.5. The van der Waals surface area contributed by atoms with E-state index in [9.17, 15) is 14.9 Å². The van der Waals surface area contributed by atoms with Crippen LogP contribution in [0.15, 0.2) is 53.1 Å². The number of benzene rings is 1. The molecule has 2 heterocycles. The van der Waals surface area contributed by atoms with E-state index in [-0.39, 0.29) is 18.0 Å². The normalized spacial score (nSPS) is 10.7. The fourth-order valence-corrected chi connectivity index (χ4v) is 2.36. The molecule has 3 rings (SSSR count). The van der Waals surface area contributed by atoms with Crippen LogP contribution in [0.4, 0.5) is 5.69 Å². The SMILES string of the molecule is Cn1cc([N+](=O)[O-])c(C(=O)/C=C/c2ccc(COc3ccc(C#N)cc3)o2)n1. The Morgan fingerprint density at radius 2 is 2.11 bits per heavy atom. The van der Waals surface area contributed by atoms with Gasteiger partial charge in [0.25, 0.3) is 0 Å². The number of nitro groups is 1. The number of carbonyl (C=O) groups is 1. The van der Waals surface area contributed by atoms with E-state index in [1.807, 2.05) is 6.07 Å². The largest absolute Gasteiger partial charge is 0.486 e. The molecule has 9 heteroatoms. The van der Waals surface area contributed by atoms with Crippen LogP contribution in [0.2, 0.25) is 0 Å². The fraction of sp³-hybridized carbons (Fsp3) is 0.105. The second kappa shape index (κ2) is 8.01. The van der Waals surface area contributed by atoms with Crippen molar-refractivity contribution in [3.8, 4) is 11.8 Å². The zero-order valence-electron chi connectivity index (χ0n) is 14.7. The number of hydrogen-bond donors (Lipinski definition) is 0. The van der Waals surface area contributed by atoms with E-state index < -0.39 is 10.7 Å². The first kappa shape index (κ1) is 18.6. The van der Waals surface area contributed by atoms with Crippen molar-refractivity contribution in [3.05, 3.63) is 81.6 Å². The van der Waals surface area contributed by atoms with Gasteiger partial charge in [0.05, 0.1) is 16.6 Å². The van der Waals surface area contributed by atoms with Gasteiger partial charge in [0.1, 0.15) is 30.1 Å². The topological polar surface area (TPSA) is 124 Å². The molecule has 0 amide bonds. The van der Waals surface area contributed by atoms with Crippen LogP contribution in [-0.2, 0) is 13.7 Å². The standard InChI is InChI=1S/C19H14N4O5/c1-22-11-17(23(25)26)19(21-22)18(24)9-8-15-6-7-16(28-15)12-27-14-4-2-13(10-20)3-5-14/h2-9,11H,12H2,1H3/b9-8+. The summed E-state index contributed by atoms with van der Waals surface area (Å²) in [6, 6.07) is 12.0. The minimum absolute atomic E-state index is 0.166. The zero-order chi connectivity index (χ0) is 20.1. The van der Waals surface area contributed by atoms with Crippen molar-refractivity contribution in [1.29, 1.82) is 5.26 Å². The molecular weight excluding hydrogens is 364 g/mol. The maximum Gasteiger partial charge on any atom is 0.318 e. The van der Waals surface area contributed by atoms with E-state index in [0.29, 0.717) is 22.8 Å². The molecule has 0 aliphatic heterocycles. The summed E-state index contributed by atoms with van der Waals surface area (Å²) in [6.07, 6.45) is 3.75. The molecule has 2 aromatic heterocycles. The fourth-order valence-electron chi connectivity index (χ4n) is 2.36. The van der Waals surface area contributed by atoms with E-state index in [4.69, 9.17) is 14.4 Å². The number of nitriles is 1. The third kappa shape index (κ3) is 4.31. The molecule has 0 aliphatic carbocycles. The van der Waals surface area contributed by atoms with E-state index in [1.165, 1.54) is 30.1 Å². The van der Waals surface area contributed by atoms with Gasteiger partial charge in [-0.1, -0.05) is 0 Å². The molecular formula is C19H14N4O5. The highest BCUT2D eigenvalue weighted by Gasteiger charge is 2.23. The number of nitrogens with zero attached hydrogens (tertiary/aromatic N) is 4. The summed E-state index contributed by atoms with van der Waals surface area (Å²) in [6.45, 7) is 0.166. The highest BCUT2D eigenvalue weighted by atomic mass is 16.6. The molecule has 1 aromatic carbocycles. The Hall–Kier alpha value is -4.19. The molecule has 0 fully saturated rings. The van der Waals surface area contributed by atoms with Gasteiger partial charge >= 0.3 is 5.69 Å². The Morgan fingerprint density at radius 1 is 1.36 bits per heavy atom. The second-order valence-electron chi connectivity index (χ2n) is 5.72. The smallest absolute Gasteiger partial charge is 0.318 e. The number of aromatic nitrogens is 2. The predicted octanol–water partition coefficient (Wildman–Crippen LogP) is 3.27. The lowest BCUT2D eigenvalue weighted by molar-refractivity contribution is -0.385. The number of aryl methyl sites for hydroxylation is 1. The Balaban J connectivity index is 1.63. The van der Waals surface area contributed by atoms with Gasteiger partial charge in [-0.3, -0.25) is 19.6 Å². The van der Waals surface area contributed by atoms with Crippen LogP contribution in [-0.4, -0.2) is 20.5 Å². The molecule has 9 nitrogen and oxygen atoms in total. The van der Waals surface area contributed by atoms with Crippen molar-refractivity contribution < 1.29 is 18.9 Å². The molecule has 0 aliphatic rings. The molecule has 0 radical (unpaired) electrons. The van der Waals surface area contributed by atoms with Gasteiger partial charge < -0.3 is 9.15 Å². The second-order valence-corrected chi connectivity index (χ2v) is 5.72. The lowest BCUT2D eigenvalue weighted by atomic mass is 10.2. The molecule has 28 heavy (non-hydrogen) atoms. The first-order valence-corrected chi connectivity index (χ1v) is 8.08. The first-order valence-electron chi connectivity index (χ1n) is 8.08.